The van der Waals surface area contributed by atoms with Crippen LogP contribution in [0.2, 0.25) is 0 Å². The minimum atomic E-state index is 0.110. The first-order valence-corrected chi connectivity index (χ1v) is 9.28. The minimum Gasteiger partial charge on any atom is -0.375 e. The van der Waals surface area contributed by atoms with Gasteiger partial charge in [0.1, 0.15) is 0 Å². The zero-order chi connectivity index (χ0) is 13.3. The molecule has 2 nitrogen and oxygen atoms in total. The Hall–Kier alpha value is 0.270. The van der Waals surface area contributed by atoms with Crippen molar-refractivity contribution in [1.82, 2.24) is 0 Å². The first-order chi connectivity index (χ1) is 9.12. The lowest BCUT2D eigenvalue weighted by Gasteiger charge is -2.50. The molecule has 3 unspecified atom stereocenters. The summed E-state index contributed by atoms with van der Waals surface area (Å²) < 4.78 is 6.23. The van der Waals surface area contributed by atoms with Gasteiger partial charge in [-0.3, -0.25) is 0 Å². The van der Waals surface area contributed by atoms with Crippen molar-refractivity contribution in [3.05, 3.63) is 0 Å². The van der Waals surface area contributed by atoms with Crippen LogP contribution in [0.15, 0.2) is 0 Å². The Balaban J connectivity index is 1.70. The second-order valence-electron chi connectivity index (χ2n) is 7.27. The quantitative estimate of drug-likeness (QED) is 0.799. The van der Waals surface area contributed by atoms with E-state index in [2.05, 4.69) is 18.7 Å². The van der Waals surface area contributed by atoms with Gasteiger partial charge in [0.05, 0.1) is 5.60 Å². The second-order valence-corrected chi connectivity index (χ2v) is 8.49. The summed E-state index contributed by atoms with van der Waals surface area (Å²) in [6, 6.07) is 0. The summed E-state index contributed by atoms with van der Waals surface area (Å²) in [7, 11) is 0. The maximum Gasteiger partial charge on any atom is 0.0701 e. The molecule has 2 heterocycles. The Morgan fingerprint density at radius 2 is 1.89 bits per heavy atom. The third-order valence-corrected chi connectivity index (χ3v) is 6.76. The molecule has 0 amide bonds. The Labute approximate surface area is 122 Å². The molecule has 2 aliphatic heterocycles. The highest BCUT2D eigenvalue weighted by Crippen LogP contribution is 2.46. The van der Waals surface area contributed by atoms with Crippen LogP contribution < -0.4 is 5.73 Å². The first kappa shape index (κ1) is 14.2. The highest BCUT2D eigenvalue weighted by Gasteiger charge is 2.46. The van der Waals surface area contributed by atoms with Crippen LogP contribution in [0.25, 0.3) is 0 Å². The molecule has 2 N–H and O–H groups in total. The Bertz CT molecular complexity index is 310. The number of hydrogen-bond acceptors (Lipinski definition) is 3. The van der Waals surface area contributed by atoms with Crippen LogP contribution >= 0.6 is 11.8 Å². The third kappa shape index (κ3) is 2.98. The largest absolute Gasteiger partial charge is 0.375 e. The van der Waals surface area contributed by atoms with Crippen molar-refractivity contribution >= 4 is 11.8 Å². The SMILES string of the molecule is CC1CCCC(N)(C2CCOC3(CCSCC3)C2)C1. The van der Waals surface area contributed by atoms with Crippen LogP contribution in [-0.2, 0) is 4.74 Å². The van der Waals surface area contributed by atoms with Crippen LogP contribution in [0.5, 0.6) is 0 Å². The zero-order valence-corrected chi connectivity index (χ0v) is 13.1. The van der Waals surface area contributed by atoms with Crippen molar-refractivity contribution in [2.24, 2.45) is 17.6 Å². The average molecular weight is 283 g/mol. The molecule has 19 heavy (non-hydrogen) atoms. The second kappa shape index (κ2) is 5.57. The van der Waals surface area contributed by atoms with Crippen molar-refractivity contribution in [2.45, 2.75) is 69.4 Å². The summed E-state index contributed by atoms with van der Waals surface area (Å²) in [4.78, 5) is 0. The summed E-state index contributed by atoms with van der Waals surface area (Å²) in [5.74, 6) is 4.08. The number of nitrogens with two attached hydrogens (primary N) is 1. The molecule has 110 valence electrons. The molecule has 2 saturated heterocycles. The molecule has 3 atom stereocenters. The molecule has 3 aliphatic rings. The van der Waals surface area contributed by atoms with Crippen molar-refractivity contribution < 1.29 is 4.74 Å². The van der Waals surface area contributed by atoms with E-state index < -0.39 is 0 Å². The lowest BCUT2D eigenvalue weighted by molar-refractivity contribution is -0.117. The maximum atomic E-state index is 6.85. The third-order valence-electron chi connectivity index (χ3n) is 5.78. The Morgan fingerprint density at radius 1 is 1.11 bits per heavy atom. The maximum absolute atomic E-state index is 6.85. The fourth-order valence-corrected chi connectivity index (χ4v) is 5.85. The van der Waals surface area contributed by atoms with Crippen molar-refractivity contribution in [3.8, 4) is 0 Å². The summed E-state index contributed by atoms with van der Waals surface area (Å²) in [6.45, 7) is 3.33. The number of hydrogen-bond donors (Lipinski definition) is 1. The average Bonchev–Trinajstić information content (AvgIpc) is 2.39. The smallest absolute Gasteiger partial charge is 0.0701 e. The van der Waals surface area contributed by atoms with Crippen molar-refractivity contribution in [2.75, 3.05) is 18.1 Å². The fourth-order valence-electron chi connectivity index (χ4n) is 4.61. The number of ether oxygens (including phenoxy) is 1. The van der Waals surface area contributed by atoms with Gasteiger partial charge >= 0.3 is 0 Å². The molecule has 1 saturated carbocycles. The molecule has 1 spiro atoms. The van der Waals surface area contributed by atoms with E-state index >= 15 is 0 Å². The van der Waals surface area contributed by atoms with Gasteiger partial charge in [0.25, 0.3) is 0 Å². The predicted octanol–water partition coefficient (Wildman–Crippen LogP) is 3.59. The van der Waals surface area contributed by atoms with Gasteiger partial charge in [-0.2, -0.15) is 11.8 Å². The molecule has 0 aromatic carbocycles. The van der Waals surface area contributed by atoms with E-state index in [0.29, 0.717) is 5.92 Å². The molecule has 3 rings (SSSR count). The van der Waals surface area contributed by atoms with Crippen LogP contribution in [0.3, 0.4) is 0 Å². The van der Waals surface area contributed by atoms with Crippen LogP contribution in [0.1, 0.15) is 58.3 Å². The molecule has 1 aliphatic carbocycles. The molecular formula is C16H29NOS. The Kier molecular flexibility index (Phi) is 4.17. The summed E-state index contributed by atoms with van der Waals surface area (Å²) in [5.41, 5.74) is 7.16. The first-order valence-electron chi connectivity index (χ1n) is 8.13. The normalized spacial score (nSPS) is 43.3. The summed E-state index contributed by atoms with van der Waals surface area (Å²) >= 11 is 2.09. The highest BCUT2D eigenvalue weighted by atomic mass is 32.2. The van der Waals surface area contributed by atoms with Gasteiger partial charge in [-0.05, 0) is 61.9 Å². The van der Waals surface area contributed by atoms with Crippen LogP contribution in [0.4, 0.5) is 0 Å². The van der Waals surface area contributed by atoms with E-state index in [9.17, 15) is 0 Å². The van der Waals surface area contributed by atoms with E-state index in [1.165, 1.54) is 62.9 Å². The van der Waals surface area contributed by atoms with Gasteiger partial charge in [0.15, 0.2) is 0 Å². The van der Waals surface area contributed by atoms with Gasteiger partial charge in [-0.15, -0.1) is 0 Å². The fraction of sp³-hybridized carbons (Fsp3) is 1.00. The molecule has 0 aromatic rings. The van der Waals surface area contributed by atoms with Crippen molar-refractivity contribution in [3.63, 3.8) is 0 Å². The number of rotatable bonds is 1. The van der Waals surface area contributed by atoms with Crippen LogP contribution in [-0.4, -0.2) is 29.3 Å². The standard InChI is InChI=1S/C16H29NOS/c1-13-3-2-5-16(17,11-13)14-4-8-18-15(12-14)6-9-19-10-7-15/h13-14H,2-12,17H2,1H3. The lowest BCUT2D eigenvalue weighted by atomic mass is 9.64. The van der Waals surface area contributed by atoms with E-state index in [0.717, 1.165) is 12.5 Å². The van der Waals surface area contributed by atoms with E-state index in [-0.39, 0.29) is 11.1 Å². The summed E-state index contributed by atoms with van der Waals surface area (Å²) in [5, 5.41) is 0. The van der Waals surface area contributed by atoms with Crippen molar-refractivity contribution in [1.29, 1.82) is 0 Å². The Morgan fingerprint density at radius 3 is 2.63 bits per heavy atom. The topological polar surface area (TPSA) is 35.2 Å². The molecule has 3 heteroatoms. The van der Waals surface area contributed by atoms with Gasteiger partial charge in [-0.25, -0.2) is 0 Å². The minimum absolute atomic E-state index is 0.110. The molecule has 0 bridgehead atoms. The van der Waals surface area contributed by atoms with Gasteiger partial charge < -0.3 is 10.5 Å². The molecule has 0 radical (unpaired) electrons. The van der Waals surface area contributed by atoms with Crippen LogP contribution in [0, 0.1) is 11.8 Å². The van der Waals surface area contributed by atoms with E-state index in [4.69, 9.17) is 10.5 Å². The van der Waals surface area contributed by atoms with Gasteiger partial charge in [0.2, 0.25) is 0 Å². The molecular weight excluding hydrogens is 254 g/mol. The predicted molar refractivity (Wildman–Crippen MR) is 82.5 cm³/mol. The summed E-state index contributed by atoms with van der Waals surface area (Å²) in [6.07, 6.45) is 10.1. The van der Waals surface area contributed by atoms with Gasteiger partial charge in [0, 0.05) is 12.1 Å². The number of thioether (sulfide) groups is 1. The van der Waals surface area contributed by atoms with Gasteiger partial charge in [-0.1, -0.05) is 19.8 Å². The molecule has 3 fully saturated rings. The highest BCUT2D eigenvalue weighted by molar-refractivity contribution is 7.99. The van der Waals surface area contributed by atoms with E-state index in [1.54, 1.807) is 0 Å². The van der Waals surface area contributed by atoms with E-state index in [1.807, 2.05) is 0 Å². The monoisotopic (exact) mass is 283 g/mol. The zero-order valence-electron chi connectivity index (χ0n) is 12.3. The lowest BCUT2D eigenvalue weighted by Crippen LogP contribution is -2.56. The molecule has 0 aromatic heterocycles.